The second kappa shape index (κ2) is 7.20. The molecule has 9 heteroatoms. The van der Waals surface area contributed by atoms with E-state index in [0.29, 0.717) is 6.42 Å². The van der Waals surface area contributed by atoms with Crippen LogP contribution >= 0.6 is 0 Å². The van der Waals surface area contributed by atoms with E-state index < -0.39 is 29.5 Å². The molecule has 0 spiro atoms. The average Bonchev–Trinajstić information content (AvgIpc) is 2.37. The molecule has 0 unspecified atom stereocenters. The van der Waals surface area contributed by atoms with Crippen LogP contribution in [-0.4, -0.2) is 46.1 Å². The van der Waals surface area contributed by atoms with Crippen LogP contribution in [0.4, 0.5) is 10.5 Å². The summed E-state index contributed by atoms with van der Waals surface area (Å²) in [4.78, 5) is 32.5. The molecule has 114 valence electrons. The number of carboxylic acid groups (broad SMARTS) is 1. The Hall–Kier alpha value is -2.68. The van der Waals surface area contributed by atoms with E-state index in [0.717, 1.165) is 10.5 Å². The minimum atomic E-state index is -1.28. The lowest BCUT2D eigenvalue weighted by Crippen LogP contribution is -2.45. The minimum Gasteiger partial charge on any atom is -0.465 e. The van der Waals surface area contributed by atoms with Gasteiger partial charge in [-0.1, -0.05) is 12.1 Å². The van der Waals surface area contributed by atoms with Crippen molar-refractivity contribution >= 4 is 17.7 Å². The number of hydrogen-bond donors (Lipinski definition) is 3. The van der Waals surface area contributed by atoms with E-state index in [-0.39, 0.29) is 12.2 Å². The average molecular weight is 296 g/mol. The Morgan fingerprint density at radius 1 is 1.33 bits per heavy atom. The Labute approximate surface area is 120 Å². The molecule has 1 aromatic rings. The zero-order valence-electron chi connectivity index (χ0n) is 11.1. The highest BCUT2D eigenvalue weighted by atomic mass is 16.6. The molecular weight excluding hydrogens is 280 g/mol. The van der Waals surface area contributed by atoms with Gasteiger partial charge in [0.05, 0.1) is 4.92 Å². The van der Waals surface area contributed by atoms with E-state index in [9.17, 15) is 19.7 Å². The molecule has 5 N–H and O–H groups in total. The fraction of sp³-hybridized carbons (Fsp3) is 0.333. The van der Waals surface area contributed by atoms with E-state index in [2.05, 4.69) is 0 Å². The van der Waals surface area contributed by atoms with Crippen LogP contribution < -0.4 is 11.5 Å². The molecule has 9 nitrogen and oxygen atoms in total. The highest BCUT2D eigenvalue weighted by molar-refractivity contribution is 5.80. The van der Waals surface area contributed by atoms with E-state index in [1.165, 1.54) is 12.1 Å². The summed E-state index contributed by atoms with van der Waals surface area (Å²) < 4.78 is 0. The summed E-state index contributed by atoms with van der Waals surface area (Å²) >= 11 is 0. The summed E-state index contributed by atoms with van der Waals surface area (Å²) in [5, 5.41) is 19.4. The molecule has 1 aromatic carbocycles. The monoisotopic (exact) mass is 296 g/mol. The van der Waals surface area contributed by atoms with Crippen molar-refractivity contribution in [2.45, 2.75) is 12.5 Å². The molecule has 0 radical (unpaired) electrons. The molecule has 0 aromatic heterocycles. The standard InChI is InChI=1S/C12H16N4O5/c13-9(6-15(12(18)19)7-11(14)17)5-8-1-3-10(4-2-8)16(20)21/h1-4,9H,5-7,13H2,(H2,14,17)(H,18,19)/t9-/m1/s1. The third kappa shape index (κ3) is 5.45. The fourth-order valence-corrected chi connectivity index (χ4v) is 1.80. The van der Waals surface area contributed by atoms with Gasteiger partial charge in [-0.15, -0.1) is 0 Å². The van der Waals surface area contributed by atoms with Gasteiger partial charge in [-0.3, -0.25) is 19.8 Å². The highest BCUT2D eigenvalue weighted by Gasteiger charge is 2.18. The summed E-state index contributed by atoms with van der Waals surface area (Å²) in [6.45, 7) is -0.488. The molecule has 1 rings (SSSR count). The normalized spacial score (nSPS) is 11.7. The van der Waals surface area contributed by atoms with Crippen LogP contribution in [0.15, 0.2) is 24.3 Å². The van der Waals surface area contributed by atoms with Crippen LogP contribution in [0, 0.1) is 10.1 Å². The zero-order valence-corrected chi connectivity index (χ0v) is 11.1. The van der Waals surface area contributed by atoms with Crippen molar-refractivity contribution in [1.29, 1.82) is 0 Å². The maximum atomic E-state index is 10.9. The van der Waals surface area contributed by atoms with E-state index >= 15 is 0 Å². The zero-order chi connectivity index (χ0) is 16.0. The number of nitro benzene ring substituents is 1. The van der Waals surface area contributed by atoms with Gasteiger partial charge in [0, 0.05) is 24.7 Å². The number of carbonyl (C=O) groups is 2. The SMILES string of the molecule is NC(=O)CN(C[C@H](N)Cc1ccc([N+](=O)[O-])cc1)C(=O)O. The Bertz CT molecular complexity index is 531. The third-order valence-corrected chi connectivity index (χ3v) is 2.72. The number of non-ortho nitro benzene ring substituents is 1. The van der Waals surface area contributed by atoms with Gasteiger partial charge in [-0.2, -0.15) is 0 Å². The van der Waals surface area contributed by atoms with E-state index in [1.807, 2.05) is 0 Å². The number of nitro groups is 1. The number of primary amides is 1. The number of rotatable bonds is 7. The van der Waals surface area contributed by atoms with Crippen LogP contribution in [0.25, 0.3) is 0 Å². The smallest absolute Gasteiger partial charge is 0.407 e. The van der Waals surface area contributed by atoms with Gasteiger partial charge in [0.1, 0.15) is 6.54 Å². The number of benzene rings is 1. The quantitative estimate of drug-likeness (QED) is 0.473. The first kappa shape index (κ1) is 16.4. The second-order valence-electron chi connectivity index (χ2n) is 4.52. The Balaban J connectivity index is 2.62. The number of hydrogen-bond acceptors (Lipinski definition) is 5. The first-order valence-electron chi connectivity index (χ1n) is 6.04. The van der Waals surface area contributed by atoms with E-state index in [4.69, 9.17) is 16.6 Å². The Kier molecular flexibility index (Phi) is 5.61. The van der Waals surface area contributed by atoms with Gasteiger partial charge in [0.2, 0.25) is 5.91 Å². The molecule has 0 aliphatic rings. The van der Waals surface area contributed by atoms with Crippen molar-refractivity contribution in [2.75, 3.05) is 13.1 Å². The van der Waals surface area contributed by atoms with Gasteiger partial charge < -0.3 is 16.6 Å². The molecule has 0 saturated carbocycles. The molecule has 2 amide bonds. The number of amides is 2. The number of carbonyl (C=O) groups excluding carboxylic acids is 1. The van der Waals surface area contributed by atoms with Crippen LogP contribution in [-0.2, 0) is 11.2 Å². The number of nitrogens with two attached hydrogens (primary N) is 2. The maximum Gasteiger partial charge on any atom is 0.407 e. The lowest BCUT2D eigenvalue weighted by molar-refractivity contribution is -0.384. The highest BCUT2D eigenvalue weighted by Crippen LogP contribution is 2.13. The predicted octanol–water partition coefficient (Wildman–Crippen LogP) is -0.0701. The summed E-state index contributed by atoms with van der Waals surface area (Å²) in [5.74, 6) is -0.764. The summed E-state index contributed by atoms with van der Waals surface area (Å²) in [6, 6.07) is 5.25. The fourth-order valence-electron chi connectivity index (χ4n) is 1.80. The largest absolute Gasteiger partial charge is 0.465 e. The molecule has 1 atom stereocenters. The van der Waals surface area contributed by atoms with Gasteiger partial charge >= 0.3 is 6.09 Å². The summed E-state index contributed by atoms with van der Waals surface area (Å²) in [5.41, 5.74) is 11.5. The predicted molar refractivity (Wildman–Crippen MR) is 73.6 cm³/mol. The van der Waals surface area contributed by atoms with Crippen LogP contribution in [0.2, 0.25) is 0 Å². The summed E-state index contributed by atoms with van der Waals surface area (Å²) in [6.07, 6.45) is -0.964. The lowest BCUT2D eigenvalue weighted by Gasteiger charge is -2.21. The first-order chi connectivity index (χ1) is 9.79. The molecule has 0 fully saturated rings. The third-order valence-electron chi connectivity index (χ3n) is 2.72. The van der Waals surface area contributed by atoms with Crippen LogP contribution in [0.3, 0.4) is 0 Å². The van der Waals surface area contributed by atoms with Gasteiger partial charge in [0.25, 0.3) is 5.69 Å². The topological polar surface area (TPSA) is 153 Å². The molecule has 0 bridgehead atoms. The van der Waals surface area contributed by atoms with Crippen molar-refractivity contribution < 1.29 is 19.6 Å². The molecule has 0 aliphatic heterocycles. The Morgan fingerprint density at radius 3 is 2.33 bits per heavy atom. The van der Waals surface area contributed by atoms with Crippen molar-refractivity contribution in [2.24, 2.45) is 11.5 Å². The summed E-state index contributed by atoms with van der Waals surface area (Å²) in [7, 11) is 0. The van der Waals surface area contributed by atoms with Gasteiger partial charge in [-0.25, -0.2) is 4.79 Å². The lowest BCUT2D eigenvalue weighted by atomic mass is 10.1. The minimum absolute atomic E-state index is 0.0341. The Morgan fingerprint density at radius 2 is 1.90 bits per heavy atom. The van der Waals surface area contributed by atoms with Crippen molar-refractivity contribution in [1.82, 2.24) is 4.90 Å². The molecule has 0 aliphatic carbocycles. The molecule has 0 heterocycles. The number of nitrogens with zero attached hydrogens (tertiary/aromatic N) is 2. The van der Waals surface area contributed by atoms with Crippen LogP contribution in [0.1, 0.15) is 5.56 Å². The first-order valence-corrected chi connectivity index (χ1v) is 6.04. The van der Waals surface area contributed by atoms with E-state index in [1.54, 1.807) is 12.1 Å². The van der Waals surface area contributed by atoms with Crippen molar-refractivity contribution in [3.8, 4) is 0 Å². The molecular formula is C12H16N4O5. The molecule has 0 saturated heterocycles. The van der Waals surface area contributed by atoms with Gasteiger partial charge in [0.15, 0.2) is 0 Å². The van der Waals surface area contributed by atoms with Crippen molar-refractivity contribution in [3.05, 3.63) is 39.9 Å². The molecule has 21 heavy (non-hydrogen) atoms. The maximum absolute atomic E-state index is 10.9. The van der Waals surface area contributed by atoms with Crippen molar-refractivity contribution in [3.63, 3.8) is 0 Å². The second-order valence-corrected chi connectivity index (χ2v) is 4.52. The van der Waals surface area contributed by atoms with Gasteiger partial charge in [-0.05, 0) is 12.0 Å². The van der Waals surface area contributed by atoms with Crippen LogP contribution in [0.5, 0.6) is 0 Å².